The molecule has 0 spiro atoms. The summed E-state index contributed by atoms with van der Waals surface area (Å²) in [5.74, 6) is 2.16. The maximum Gasteiger partial charge on any atom is 0.00246 e. The van der Waals surface area contributed by atoms with E-state index in [-0.39, 0.29) is 0 Å². The lowest BCUT2D eigenvalue weighted by Gasteiger charge is -2.35. The van der Waals surface area contributed by atoms with Crippen LogP contribution in [0.25, 0.3) is 0 Å². The van der Waals surface area contributed by atoms with E-state index in [9.17, 15) is 0 Å². The molecule has 0 aromatic carbocycles. The first-order valence-corrected chi connectivity index (χ1v) is 4.85. The zero-order chi connectivity index (χ0) is 9.30. The minimum absolute atomic E-state index is 0.584. The molecule has 3 atom stereocenters. The molecule has 0 radical (unpaired) electrons. The molecule has 1 saturated carbocycles. The molecule has 1 rings (SSSR count). The molecule has 0 aromatic rings. The van der Waals surface area contributed by atoms with Gasteiger partial charge in [-0.25, -0.2) is 0 Å². The number of allylic oxidation sites excluding steroid dienone is 2. The topological polar surface area (TPSA) is 0 Å². The molecule has 0 aromatic heterocycles. The Hall–Kier alpha value is -0.520. The van der Waals surface area contributed by atoms with Crippen molar-refractivity contribution in [2.24, 2.45) is 17.8 Å². The molecule has 0 heteroatoms. The largest absolute Gasteiger partial charge is 0.0995 e. The first kappa shape index (κ1) is 9.57. The maximum atomic E-state index is 4.16. The van der Waals surface area contributed by atoms with Crippen LogP contribution in [0.15, 0.2) is 24.3 Å². The number of hydrogen-bond donors (Lipinski definition) is 0. The molecule has 0 aliphatic heterocycles. The summed E-state index contributed by atoms with van der Waals surface area (Å²) in [7, 11) is 0. The molecule has 0 N–H and O–H groups in total. The van der Waals surface area contributed by atoms with Gasteiger partial charge in [-0.05, 0) is 31.6 Å². The molecule has 0 bridgehead atoms. The van der Waals surface area contributed by atoms with E-state index >= 15 is 0 Å². The lowest BCUT2D eigenvalue weighted by Crippen LogP contribution is -2.24. The fraction of sp³-hybridized carbons (Fsp3) is 0.667. The summed E-state index contributed by atoms with van der Waals surface area (Å²) in [5, 5.41) is 0. The predicted molar refractivity (Wildman–Crippen MR) is 55.0 cm³/mol. The molecule has 1 aliphatic carbocycles. The minimum atomic E-state index is 0.584. The van der Waals surface area contributed by atoms with Gasteiger partial charge in [0.1, 0.15) is 0 Å². The minimum Gasteiger partial charge on any atom is -0.0995 e. The van der Waals surface area contributed by atoms with Gasteiger partial charge >= 0.3 is 0 Å². The highest BCUT2D eigenvalue weighted by atomic mass is 14.3. The van der Waals surface area contributed by atoms with Crippen molar-refractivity contribution in [1.82, 2.24) is 0 Å². The van der Waals surface area contributed by atoms with Gasteiger partial charge in [-0.3, -0.25) is 0 Å². The van der Waals surface area contributed by atoms with Crippen LogP contribution in [-0.4, -0.2) is 0 Å². The second-order valence-corrected chi connectivity index (χ2v) is 4.50. The van der Waals surface area contributed by atoms with Crippen molar-refractivity contribution in [1.29, 1.82) is 0 Å². The normalized spacial score (nSPS) is 36.6. The van der Waals surface area contributed by atoms with Gasteiger partial charge in [-0.1, -0.05) is 38.2 Å². The van der Waals surface area contributed by atoms with Crippen molar-refractivity contribution in [3.8, 4) is 0 Å². The van der Waals surface area contributed by atoms with Crippen LogP contribution in [0.5, 0.6) is 0 Å². The summed E-state index contributed by atoms with van der Waals surface area (Å²) >= 11 is 0. The van der Waals surface area contributed by atoms with Gasteiger partial charge in [0, 0.05) is 5.92 Å². The molecule has 12 heavy (non-hydrogen) atoms. The van der Waals surface area contributed by atoms with Crippen LogP contribution in [0, 0.1) is 17.8 Å². The summed E-state index contributed by atoms with van der Waals surface area (Å²) in [6.07, 6.45) is 2.53. The summed E-state index contributed by atoms with van der Waals surface area (Å²) in [4.78, 5) is 0. The maximum absolute atomic E-state index is 4.16. The van der Waals surface area contributed by atoms with Gasteiger partial charge in [0.05, 0.1) is 0 Å². The molecular formula is C12H20. The van der Waals surface area contributed by atoms with E-state index in [1.807, 2.05) is 0 Å². The van der Waals surface area contributed by atoms with Crippen LogP contribution in [0.2, 0.25) is 0 Å². The summed E-state index contributed by atoms with van der Waals surface area (Å²) in [6, 6.07) is 0. The molecule has 1 aliphatic rings. The Balaban J connectivity index is 2.73. The van der Waals surface area contributed by atoms with Crippen LogP contribution in [-0.2, 0) is 0 Å². The Morgan fingerprint density at radius 2 is 2.00 bits per heavy atom. The smallest absolute Gasteiger partial charge is 0.00246 e. The second-order valence-electron chi connectivity index (χ2n) is 4.50. The third-order valence-corrected chi connectivity index (χ3v) is 2.92. The van der Waals surface area contributed by atoms with E-state index in [1.165, 1.54) is 24.0 Å². The summed E-state index contributed by atoms with van der Waals surface area (Å²) < 4.78 is 0. The first-order valence-electron chi connectivity index (χ1n) is 4.85. The zero-order valence-corrected chi connectivity index (χ0v) is 8.56. The number of hydrogen-bond acceptors (Lipinski definition) is 0. The van der Waals surface area contributed by atoms with Crippen LogP contribution in [0.1, 0.15) is 33.6 Å². The highest BCUT2D eigenvalue weighted by Gasteiger charge is 2.28. The van der Waals surface area contributed by atoms with E-state index < -0.39 is 0 Å². The quantitative estimate of drug-likeness (QED) is 0.517. The Morgan fingerprint density at radius 3 is 2.42 bits per heavy atom. The van der Waals surface area contributed by atoms with Crippen molar-refractivity contribution >= 4 is 0 Å². The summed E-state index contributed by atoms with van der Waals surface area (Å²) in [6.45, 7) is 15.0. The third-order valence-electron chi connectivity index (χ3n) is 2.92. The SMILES string of the molecule is C=C(C)C1C(=C)CC(C)CC1C. The van der Waals surface area contributed by atoms with E-state index in [0.717, 1.165) is 11.8 Å². The van der Waals surface area contributed by atoms with Gasteiger partial charge < -0.3 is 0 Å². The lowest BCUT2D eigenvalue weighted by atomic mass is 9.70. The molecule has 0 heterocycles. The van der Waals surface area contributed by atoms with Crippen LogP contribution in [0.3, 0.4) is 0 Å². The van der Waals surface area contributed by atoms with Crippen molar-refractivity contribution < 1.29 is 0 Å². The van der Waals surface area contributed by atoms with E-state index in [4.69, 9.17) is 0 Å². The van der Waals surface area contributed by atoms with Crippen LogP contribution < -0.4 is 0 Å². The van der Waals surface area contributed by atoms with Gasteiger partial charge in [0.2, 0.25) is 0 Å². The molecule has 3 unspecified atom stereocenters. The van der Waals surface area contributed by atoms with E-state index in [2.05, 4.69) is 33.9 Å². The fourth-order valence-corrected chi connectivity index (χ4v) is 2.67. The second kappa shape index (κ2) is 3.47. The van der Waals surface area contributed by atoms with Crippen molar-refractivity contribution in [2.45, 2.75) is 33.6 Å². The zero-order valence-electron chi connectivity index (χ0n) is 8.56. The van der Waals surface area contributed by atoms with Crippen molar-refractivity contribution in [2.75, 3.05) is 0 Å². The molecule has 68 valence electrons. The number of rotatable bonds is 1. The summed E-state index contributed by atoms with van der Waals surface area (Å²) in [5.41, 5.74) is 2.69. The standard InChI is InChI=1S/C12H20/c1-8(2)12-10(4)6-9(3)7-11(12)5/h9,11-12H,1,4,6-7H2,2-3,5H3. The Labute approximate surface area is 76.4 Å². The molecular weight excluding hydrogens is 144 g/mol. The Kier molecular flexibility index (Phi) is 2.76. The first-order chi connectivity index (χ1) is 5.52. The molecule has 1 fully saturated rings. The van der Waals surface area contributed by atoms with Crippen LogP contribution >= 0.6 is 0 Å². The average Bonchev–Trinajstić information content (AvgIpc) is 1.82. The van der Waals surface area contributed by atoms with Gasteiger partial charge in [-0.2, -0.15) is 0 Å². The highest BCUT2D eigenvalue weighted by molar-refractivity contribution is 5.18. The van der Waals surface area contributed by atoms with Gasteiger partial charge in [0.25, 0.3) is 0 Å². The Bertz CT molecular complexity index is 200. The average molecular weight is 164 g/mol. The van der Waals surface area contributed by atoms with Crippen LogP contribution in [0.4, 0.5) is 0 Å². The Morgan fingerprint density at radius 1 is 1.42 bits per heavy atom. The van der Waals surface area contributed by atoms with Crippen molar-refractivity contribution in [3.05, 3.63) is 24.3 Å². The molecule has 0 saturated heterocycles. The van der Waals surface area contributed by atoms with E-state index in [0.29, 0.717) is 5.92 Å². The molecule has 0 nitrogen and oxygen atoms in total. The monoisotopic (exact) mass is 164 g/mol. The lowest BCUT2D eigenvalue weighted by molar-refractivity contribution is 0.298. The van der Waals surface area contributed by atoms with Gasteiger partial charge in [-0.15, -0.1) is 0 Å². The van der Waals surface area contributed by atoms with Gasteiger partial charge in [0.15, 0.2) is 0 Å². The predicted octanol–water partition coefficient (Wildman–Crippen LogP) is 3.80. The third kappa shape index (κ3) is 1.80. The molecule has 0 amide bonds. The fourth-order valence-electron chi connectivity index (χ4n) is 2.67. The van der Waals surface area contributed by atoms with Crippen molar-refractivity contribution in [3.63, 3.8) is 0 Å². The van der Waals surface area contributed by atoms with E-state index in [1.54, 1.807) is 0 Å². The highest BCUT2D eigenvalue weighted by Crippen LogP contribution is 2.39.